The molecular formula is C40H60N8O6. The summed E-state index contributed by atoms with van der Waals surface area (Å²) in [6, 6.07) is 0. The largest absolute Gasteiger partial charge is 0.445 e. The molecule has 0 radical (unpaired) electrons. The summed E-state index contributed by atoms with van der Waals surface area (Å²) >= 11 is 0. The number of nitrogens with zero attached hydrogens (tertiary/aromatic N) is 6. The second kappa shape index (κ2) is 14.5. The van der Waals surface area contributed by atoms with Crippen molar-refractivity contribution in [1.29, 1.82) is 0 Å². The summed E-state index contributed by atoms with van der Waals surface area (Å²) in [5.74, 6) is 0.143. The summed E-state index contributed by atoms with van der Waals surface area (Å²) < 4.78 is 8.13. The van der Waals surface area contributed by atoms with Crippen molar-refractivity contribution in [1.82, 2.24) is 29.7 Å². The van der Waals surface area contributed by atoms with E-state index in [1.165, 1.54) is 6.33 Å². The number of hydrogen-bond donors (Lipinski definition) is 3. The number of amides is 3. The standard InChI is InChI=1S/C40H60N8O6/c1-7-38(5)20-28(39(6)24(3)8-14-40(25(4)32(38)51)15-9-27(49)31(39)40)54-37(53)45-36(52)26-11-16-46(17-12-26)29(50)13-18-47-22-44-30-34(47)42-21-43-35(30)48-19-10-23(2)33(48)41/h21-26,28,31-33,51H,7-20,41H2,1-6H3,(H,45,52,53)/t23?,24?,25?,28?,31?,32-,33?,38+,39?,40?/m0/s1. The second-order valence-electron chi connectivity index (χ2n) is 17.9. The minimum absolute atomic E-state index is 0.0214. The van der Waals surface area contributed by atoms with E-state index in [0.717, 1.165) is 32.2 Å². The number of hydrogen-bond acceptors (Lipinski definition) is 11. The Bertz CT molecular complexity index is 1780. The van der Waals surface area contributed by atoms with Gasteiger partial charge in [0, 0.05) is 56.3 Å². The lowest BCUT2D eigenvalue weighted by Gasteiger charge is -2.62. The first kappa shape index (κ1) is 38.6. The van der Waals surface area contributed by atoms with Crippen LogP contribution in [-0.4, -0.2) is 91.2 Å². The Morgan fingerprint density at radius 2 is 1.78 bits per heavy atom. The molecule has 5 fully saturated rings. The number of carbonyl (C=O) groups excluding carboxylic acids is 4. The van der Waals surface area contributed by atoms with Crippen molar-refractivity contribution in [2.75, 3.05) is 24.5 Å². The van der Waals surface area contributed by atoms with Gasteiger partial charge in [-0.2, -0.15) is 0 Å². The maximum absolute atomic E-state index is 13.7. The minimum Gasteiger partial charge on any atom is -0.445 e. The number of imidazole rings is 1. The fourth-order valence-electron chi connectivity index (χ4n) is 11.3. The number of aryl methyl sites for hydroxylation is 1. The summed E-state index contributed by atoms with van der Waals surface area (Å²) in [6.45, 7) is 14.7. The van der Waals surface area contributed by atoms with E-state index < -0.39 is 41.0 Å². The molecule has 8 unspecified atom stereocenters. The zero-order valence-corrected chi connectivity index (χ0v) is 32.9. The molecule has 2 aromatic rings. The van der Waals surface area contributed by atoms with Gasteiger partial charge in [0.1, 0.15) is 18.2 Å². The molecule has 0 spiro atoms. The Labute approximate surface area is 318 Å². The highest BCUT2D eigenvalue weighted by atomic mass is 16.6. The van der Waals surface area contributed by atoms with Gasteiger partial charge in [0.25, 0.3) is 0 Å². The van der Waals surface area contributed by atoms with Crippen molar-refractivity contribution in [2.24, 2.45) is 51.6 Å². The van der Waals surface area contributed by atoms with Gasteiger partial charge in [-0.1, -0.05) is 41.5 Å². The molecule has 2 aromatic heterocycles. The molecule has 0 aromatic carbocycles. The molecule has 2 bridgehead atoms. The lowest BCUT2D eigenvalue weighted by Crippen LogP contribution is -2.63. The molecule has 10 atom stereocenters. The zero-order valence-electron chi connectivity index (χ0n) is 32.9. The molecule has 5 aliphatic rings. The molecule has 3 aliphatic carbocycles. The van der Waals surface area contributed by atoms with Crippen LogP contribution in [0.2, 0.25) is 0 Å². The van der Waals surface area contributed by atoms with Crippen molar-refractivity contribution in [3.05, 3.63) is 12.7 Å². The maximum atomic E-state index is 13.7. The number of aliphatic hydroxyl groups is 1. The minimum atomic E-state index is -0.805. The number of aliphatic hydroxyl groups excluding tert-OH is 1. The van der Waals surface area contributed by atoms with Crippen molar-refractivity contribution in [2.45, 2.75) is 131 Å². The highest BCUT2D eigenvalue weighted by molar-refractivity contribution is 5.93. The molecular weight excluding hydrogens is 688 g/mol. The lowest BCUT2D eigenvalue weighted by atomic mass is 9.43. The number of nitrogens with two attached hydrogens (primary N) is 1. The maximum Gasteiger partial charge on any atom is 0.414 e. The van der Waals surface area contributed by atoms with Crippen LogP contribution in [0.25, 0.3) is 11.2 Å². The summed E-state index contributed by atoms with van der Waals surface area (Å²) in [5, 5.41) is 14.4. The van der Waals surface area contributed by atoms with Crippen LogP contribution in [0.4, 0.5) is 10.6 Å². The molecule has 3 amide bonds. The van der Waals surface area contributed by atoms with E-state index in [9.17, 15) is 24.3 Å². The number of fused-ring (bicyclic) bond motifs is 1. The van der Waals surface area contributed by atoms with Crippen LogP contribution in [0, 0.1) is 45.8 Å². The monoisotopic (exact) mass is 748 g/mol. The van der Waals surface area contributed by atoms with Crippen LogP contribution in [0.3, 0.4) is 0 Å². The topological polar surface area (TPSA) is 186 Å². The quantitative estimate of drug-likeness (QED) is 0.364. The summed E-state index contributed by atoms with van der Waals surface area (Å²) in [6.07, 6.45) is 7.16. The Balaban J connectivity index is 0.957. The predicted octanol–water partition coefficient (Wildman–Crippen LogP) is 4.43. The zero-order chi connectivity index (χ0) is 38.7. The van der Waals surface area contributed by atoms with Crippen LogP contribution >= 0.6 is 0 Å². The van der Waals surface area contributed by atoms with Crippen molar-refractivity contribution in [3.63, 3.8) is 0 Å². The molecule has 2 saturated heterocycles. The smallest absolute Gasteiger partial charge is 0.414 e. The highest BCUT2D eigenvalue weighted by Gasteiger charge is 2.68. The summed E-state index contributed by atoms with van der Waals surface area (Å²) in [4.78, 5) is 71.4. The van der Waals surface area contributed by atoms with Gasteiger partial charge >= 0.3 is 6.09 Å². The van der Waals surface area contributed by atoms with E-state index in [1.54, 1.807) is 11.2 Å². The third kappa shape index (κ3) is 6.28. The van der Waals surface area contributed by atoms with Gasteiger partial charge in [-0.15, -0.1) is 0 Å². The number of alkyl carbamates (subject to hydrolysis) is 1. The number of Topliss-reactive ketones (excluding diaryl/α,β-unsaturated/α-hetero) is 1. The van der Waals surface area contributed by atoms with E-state index >= 15 is 0 Å². The average Bonchev–Trinajstić information content (AvgIpc) is 3.85. The van der Waals surface area contributed by atoms with Crippen LogP contribution < -0.4 is 16.0 Å². The third-order valence-electron chi connectivity index (χ3n) is 15.4. The Hall–Kier alpha value is -3.65. The Morgan fingerprint density at radius 3 is 2.46 bits per heavy atom. The summed E-state index contributed by atoms with van der Waals surface area (Å²) in [5.41, 5.74) is 6.26. The van der Waals surface area contributed by atoms with Gasteiger partial charge < -0.3 is 29.9 Å². The van der Waals surface area contributed by atoms with E-state index in [1.807, 2.05) is 4.57 Å². The number of ether oxygens (including phenoxy) is 1. The first-order valence-electron chi connectivity index (χ1n) is 20.3. The van der Waals surface area contributed by atoms with Gasteiger partial charge in [-0.25, -0.2) is 19.7 Å². The number of rotatable bonds is 7. The van der Waals surface area contributed by atoms with Gasteiger partial charge in [0.05, 0.1) is 18.6 Å². The average molecular weight is 749 g/mol. The number of ketones is 1. The number of likely N-dealkylation sites (tertiary alicyclic amines) is 1. The molecule has 14 nitrogen and oxygen atoms in total. The van der Waals surface area contributed by atoms with Crippen LogP contribution in [0.1, 0.15) is 106 Å². The van der Waals surface area contributed by atoms with Crippen molar-refractivity contribution in [3.8, 4) is 0 Å². The fraction of sp³-hybridized carbons (Fsp3) is 0.775. The van der Waals surface area contributed by atoms with Crippen molar-refractivity contribution < 1.29 is 29.0 Å². The Morgan fingerprint density at radius 1 is 1.04 bits per heavy atom. The van der Waals surface area contributed by atoms with Crippen LogP contribution in [0.15, 0.2) is 12.7 Å². The number of carbonyl (C=O) groups is 4. The normalized spacial score (nSPS) is 37.2. The number of piperidine rings is 1. The molecule has 4 heterocycles. The predicted molar refractivity (Wildman–Crippen MR) is 202 cm³/mol. The highest BCUT2D eigenvalue weighted by Crippen LogP contribution is 2.68. The molecule has 4 N–H and O–H groups in total. The van der Waals surface area contributed by atoms with Crippen molar-refractivity contribution >= 4 is 40.7 Å². The van der Waals surface area contributed by atoms with Gasteiger partial charge in [0.2, 0.25) is 11.8 Å². The first-order valence-corrected chi connectivity index (χ1v) is 20.3. The van der Waals surface area contributed by atoms with Gasteiger partial charge in [-0.05, 0) is 80.0 Å². The van der Waals surface area contributed by atoms with Crippen LogP contribution in [0.5, 0.6) is 0 Å². The van der Waals surface area contributed by atoms with Crippen LogP contribution in [-0.2, 0) is 25.7 Å². The molecule has 2 aliphatic heterocycles. The van der Waals surface area contributed by atoms with Gasteiger partial charge in [0.15, 0.2) is 17.0 Å². The Kier molecular flexibility index (Phi) is 10.3. The summed E-state index contributed by atoms with van der Waals surface area (Å²) in [7, 11) is 0. The first-order chi connectivity index (χ1) is 25.6. The molecule has 14 heteroatoms. The molecule has 296 valence electrons. The number of nitrogens with one attached hydrogen (secondary N) is 1. The number of imide groups is 1. The lowest BCUT2D eigenvalue weighted by molar-refractivity contribution is -0.198. The second-order valence-corrected chi connectivity index (χ2v) is 17.9. The van der Waals surface area contributed by atoms with E-state index in [0.29, 0.717) is 74.6 Å². The van der Waals surface area contributed by atoms with E-state index in [-0.39, 0.29) is 47.4 Å². The molecule has 54 heavy (non-hydrogen) atoms. The number of aromatic nitrogens is 4. The molecule has 7 rings (SSSR count). The van der Waals surface area contributed by atoms with Gasteiger partial charge in [-0.3, -0.25) is 19.7 Å². The fourth-order valence-corrected chi connectivity index (χ4v) is 11.3. The third-order valence-corrected chi connectivity index (χ3v) is 15.4. The molecule has 3 saturated carbocycles. The van der Waals surface area contributed by atoms with E-state index in [2.05, 4.69) is 66.7 Å². The van der Waals surface area contributed by atoms with E-state index in [4.69, 9.17) is 10.5 Å². The SMILES string of the molecule is CC[C@]1(C)CC(OC(=O)NC(=O)C2CCN(C(=O)CCn3cnc4c(N5CCC(C)C5N)ncnc43)CC2)C2(C)C(C)CCC3(CCC(=O)C32)C(C)[C@@H]1O. The number of anilines is 1.